The Balaban J connectivity index is 2.26. The van der Waals surface area contributed by atoms with Gasteiger partial charge in [-0.25, -0.2) is 4.79 Å². The number of benzene rings is 1. The number of hydrogen-bond donors (Lipinski definition) is 1. The van der Waals surface area contributed by atoms with Crippen molar-refractivity contribution >= 4 is 29.8 Å². The number of carbonyl (C=O) groups excluding carboxylic acids is 2. The van der Waals surface area contributed by atoms with Crippen molar-refractivity contribution in [2.24, 2.45) is 0 Å². The topological polar surface area (TPSA) is 76.1 Å². The second-order valence-corrected chi connectivity index (χ2v) is 6.76. The van der Waals surface area contributed by atoms with Crippen molar-refractivity contribution in [1.82, 2.24) is 0 Å². The molecule has 0 aliphatic carbocycles. The van der Waals surface area contributed by atoms with Crippen molar-refractivity contribution in [1.29, 1.82) is 0 Å². The summed E-state index contributed by atoms with van der Waals surface area (Å²) in [5, 5.41) is 8.66. The van der Waals surface area contributed by atoms with Crippen molar-refractivity contribution in [3.05, 3.63) is 29.8 Å². The van der Waals surface area contributed by atoms with Gasteiger partial charge in [-0.15, -0.1) is 0 Å². The lowest BCUT2D eigenvalue weighted by atomic mass is 9.95. The highest BCUT2D eigenvalue weighted by atomic mass is 32.2. The molecule has 1 unspecified atom stereocenters. The van der Waals surface area contributed by atoms with E-state index in [1.165, 1.54) is 19.1 Å². The number of aliphatic hydroxyl groups excluding tert-OH is 1. The van der Waals surface area contributed by atoms with Gasteiger partial charge in [0.1, 0.15) is 5.60 Å². The van der Waals surface area contributed by atoms with Crippen LogP contribution in [-0.2, 0) is 19.1 Å². The molecular formula is C20H21NO5S. The summed E-state index contributed by atoms with van der Waals surface area (Å²) in [6, 6.07) is 6.05. The Kier molecular flexibility index (Phi) is 7.75. The third kappa shape index (κ3) is 4.84. The molecule has 1 atom stereocenters. The van der Waals surface area contributed by atoms with Gasteiger partial charge >= 0.3 is 5.97 Å². The molecule has 0 radical (unpaired) electrons. The highest BCUT2D eigenvalue weighted by Gasteiger charge is 2.52. The molecule has 142 valence electrons. The molecule has 7 heteroatoms. The van der Waals surface area contributed by atoms with E-state index in [9.17, 15) is 9.59 Å². The van der Waals surface area contributed by atoms with Crippen molar-refractivity contribution in [3.63, 3.8) is 0 Å². The Morgan fingerprint density at radius 2 is 2.04 bits per heavy atom. The van der Waals surface area contributed by atoms with Gasteiger partial charge < -0.3 is 14.6 Å². The molecule has 1 aromatic carbocycles. The van der Waals surface area contributed by atoms with Gasteiger partial charge in [-0.3, -0.25) is 9.69 Å². The van der Waals surface area contributed by atoms with E-state index in [2.05, 4.69) is 23.7 Å². The summed E-state index contributed by atoms with van der Waals surface area (Å²) in [5.74, 6) is 11.6. The molecule has 0 bridgehead atoms. The van der Waals surface area contributed by atoms with Gasteiger partial charge in [0.25, 0.3) is 0 Å². The number of amides is 1. The fraction of sp³-hybridized carbons (Fsp3) is 0.400. The minimum atomic E-state index is -0.868. The molecule has 1 aliphatic heterocycles. The van der Waals surface area contributed by atoms with Crippen LogP contribution in [-0.4, -0.2) is 61.5 Å². The van der Waals surface area contributed by atoms with Gasteiger partial charge in [0.2, 0.25) is 6.41 Å². The van der Waals surface area contributed by atoms with Crippen LogP contribution in [0.1, 0.15) is 12.0 Å². The number of hydrogen-bond acceptors (Lipinski definition) is 6. The average Bonchev–Trinajstić information content (AvgIpc) is 2.67. The normalized spacial score (nSPS) is 15.1. The zero-order valence-corrected chi connectivity index (χ0v) is 16.0. The molecule has 0 saturated carbocycles. The molecule has 2 rings (SSSR count). The number of esters is 1. The predicted octanol–water partition coefficient (Wildman–Crippen LogP) is 1.06. The lowest BCUT2D eigenvalue weighted by molar-refractivity contribution is -0.150. The molecule has 6 nitrogen and oxygen atoms in total. The maximum atomic E-state index is 12.4. The summed E-state index contributed by atoms with van der Waals surface area (Å²) in [4.78, 5) is 25.6. The van der Waals surface area contributed by atoms with Crippen LogP contribution in [0.15, 0.2) is 24.3 Å². The zero-order chi connectivity index (χ0) is 19.7. The van der Waals surface area contributed by atoms with Gasteiger partial charge in [-0.2, -0.15) is 11.8 Å². The SMILES string of the molecule is COC(=O)C(N(C=O)c1ccc(C#CC#CCCO)cc1)C1(OC)CSC1. The molecule has 1 heterocycles. The largest absolute Gasteiger partial charge is 0.467 e. The average molecular weight is 387 g/mol. The number of rotatable bonds is 7. The fourth-order valence-corrected chi connectivity index (χ4v) is 3.80. The van der Waals surface area contributed by atoms with Crippen molar-refractivity contribution in [2.75, 3.05) is 37.2 Å². The first-order chi connectivity index (χ1) is 13.1. The van der Waals surface area contributed by atoms with Gasteiger partial charge in [0.15, 0.2) is 6.04 Å². The summed E-state index contributed by atoms with van der Waals surface area (Å²) in [6.07, 6.45) is 1.00. The first-order valence-corrected chi connectivity index (χ1v) is 9.41. The number of ether oxygens (including phenoxy) is 2. The highest BCUT2D eigenvalue weighted by molar-refractivity contribution is 8.00. The Hall–Kier alpha value is -2.45. The summed E-state index contributed by atoms with van der Waals surface area (Å²) in [5.41, 5.74) is 0.503. The summed E-state index contributed by atoms with van der Waals surface area (Å²) < 4.78 is 10.5. The number of aliphatic hydroxyl groups is 1. The Morgan fingerprint density at radius 3 is 2.52 bits per heavy atom. The van der Waals surface area contributed by atoms with E-state index in [1.54, 1.807) is 36.0 Å². The van der Waals surface area contributed by atoms with E-state index in [4.69, 9.17) is 14.6 Å². The minimum absolute atomic E-state index is 0.00768. The standard InChI is InChI=1S/C20H21NO5S/c1-25-19(24)18(20(26-2)13-27-14-20)21(15-23)17-10-8-16(9-11-17)7-5-3-4-6-12-22/h8-11,15,18,22H,6,12-14H2,1-2H3. The molecule has 0 spiro atoms. The second kappa shape index (κ2) is 10.0. The Labute approximate surface area is 163 Å². The van der Waals surface area contributed by atoms with E-state index in [0.29, 0.717) is 30.0 Å². The monoisotopic (exact) mass is 387 g/mol. The van der Waals surface area contributed by atoms with Crippen LogP contribution in [0.2, 0.25) is 0 Å². The number of anilines is 1. The van der Waals surface area contributed by atoms with Gasteiger partial charge in [0.05, 0.1) is 13.7 Å². The van der Waals surface area contributed by atoms with Crippen molar-refractivity contribution in [3.8, 4) is 23.7 Å². The first kappa shape index (κ1) is 20.9. The van der Waals surface area contributed by atoms with Crippen LogP contribution in [0.5, 0.6) is 0 Å². The summed E-state index contributed by atoms with van der Waals surface area (Å²) >= 11 is 1.64. The Morgan fingerprint density at radius 1 is 1.33 bits per heavy atom. The third-order valence-electron chi connectivity index (χ3n) is 4.17. The number of nitrogens with zero attached hydrogens (tertiary/aromatic N) is 1. The summed E-state index contributed by atoms with van der Waals surface area (Å²) in [7, 11) is 2.83. The van der Waals surface area contributed by atoms with Crippen LogP contribution >= 0.6 is 11.8 Å². The first-order valence-electron chi connectivity index (χ1n) is 8.26. The van der Waals surface area contributed by atoms with E-state index in [-0.39, 0.29) is 6.61 Å². The van der Waals surface area contributed by atoms with E-state index >= 15 is 0 Å². The lowest BCUT2D eigenvalue weighted by Gasteiger charge is -2.47. The molecule has 0 aromatic heterocycles. The quantitative estimate of drug-likeness (QED) is 0.428. The molecular weight excluding hydrogens is 366 g/mol. The Bertz CT molecular complexity index is 775. The number of thioether (sulfide) groups is 1. The van der Waals surface area contributed by atoms with Crippen LogP contribution in [0.4, 0.5) is 5.69 Å². The number of carbonyl (C=O) groups is 2. The molecule has 1 saturated heterocycles. The maximum Gasteiger partial charge on any atom is 0.332 e. The minimum Gasteiger partial charge on any atom is -0.467 e. The smallest absolute Gasteiger partial charge is 0.332 e. The zero-order valence-electron chi connectivity index (χ0n) is 15.2. The van der Waals surface area contributed by atoms with Gasteiger partial charge in [-0.05, 0) is 36.1 Å². The lowest BCUT2D eigenvalue weighted by Crippen LogP contribution is -2.65. The second-order valence-electron chi connectivity index (χ2n) is 5.77. The predicted molar refractivity (Wildman–Crippen MR) is 104 cm³/mol. The van der Waals surface area contributed by atoms with Crippen molar-refractivity contribution < 1.29 is 24.2 Å². The molecule has 1 amide bonds. The molecule has 1 fully saturated rings. The molecule has 1 aliphatic rings. The van der Waals surface area contributed by atoms with Gasteiger partial charge in [-0.1, -0.05) is 11.8 Å². The fourth-order valence-electron chi connectivity index (χ4n) is 2.64. The molecule has 1 N–H and O–H groups in total. The maximum absolute atomic E-state index is 12.4. The molecule has 1 aromatic rings. The van der Waals surface area contributed by atoms with Crippen LogP contribution in [0, 0.1) is 23.7 Å². The van der Waals surface area contributed by atoms with Crippen LogP contribution in [0.25, 0.3) is 0 Å². The van der Waals surface area contributed by atoms with Crippen LogP contribution in [0.3, 0.4) is 0 Å². The number of methoxy groups -OCH3 is 2. The van der Waals surface area contributed by atoms with E-state index in [1.807, 2.05) is 0 Å². The van der Waals surface area contributed by atoms with Crippen molar-refractivity contribution in [2.45, 2.75) is 18.1 Å². The van der Waals surface area contributed by atoms with E-state index in [0.717, 1.165) is 5.56 Å². The highest BCUT2D eigenvalue weighted by Crippen LogP contribution is 2.39. The van der Waals surface area contributed by atoms with Gasteiger partial charge in [0, 0.05) is 36.3 Å². The molecule has 27 heavy (non-hydrogen) atoms. The summed E-state index contributed by atoms with van der Waals surface area (Å²) in [6.45, 7) is 0.00768. The van der Waals surface area contributed by atoms with E-state index < -0.39 is 17.6 Å². The van der Waals surface area contributed by atoms with Crippen LogP contribution < -0.4 is 4.90 Å². The third-order valence-corrected chi connectivity index (χ3v) is 5.56.